The van der Waals surface area contributed by atoms with E-state index in [1.807, 2.05) is 5.43 Å². The van der Waals surface area contributed by atoms with Gasteiger partial charge in [-0.15, -0.1) is 0 Å². The SMILES string of the molecule is CC(=O)OOS(=O)(=O)OOC(=O)CNN. The van der Waals surface area contributed by atoms with Crippen molar-refractivity contribution in [3.63, 3.8) is 0 Å². The van der Waals surface area contributed by atoms with Crippen molar-refractivity contribution in [3.05, 3.63) is 0 Å². The molecule has 0 heterocycles. The van der Waals surface area contributed by atoms with Gasteiger partial charge in [0.05, 0.1) is 0 Å². The molecule has 15 heavy (non-hydrogen) atoms. The van der Waals surface area contributed by atoms with Gasteiger partial charge in [0.2, 0.25) is 0 Å². The highest BCUT2D eigenvalue weighted by Gasteiger charge is 2.19. The Morgan fingerprint density at radius 3 is 2.27 bits per heavy atom. The van der Waals surface area contributed by atoms with Crippen molar-refractivity contribution >= 4 is 22.3 Å². The standard InChI is InChI=1S/C4H8N2O8S/c1-3(7)11-13-15(9,10)14-12-4(8)2-6-5/h6H,2,5H2,1H3. The van der Waals surface area contributed by atoms with Crippen LogP contribution in [0, 0.1) is 0 Å². The molecule has 0 unspecified atom stereocenters. The van der Waals surface area contributed by atoms with Gasteiger partial charge in [0.25, 0.3) is 0 Å². The van der Waals surface area contributed by atoms with E-state index in [9.17, 15) is 18.0 Å². The molecule has 0 saturated heterocycles. The van der Waals surface area contributed by atoms with Crippen LogP contribution in [-0.2, 0) is 38.4 Å². The number of nitrogens with two attached hydrogens (primary N) is 1. The lowest BCUT2D eigenvalue weighted by molar-refractivity contribution is -0.243. The van der Waals surface area contributed by atoms with Crippen LogP contribution in [0.15, 0.2) is 0 Å². The predicted octanol–water partition coefficient (Wildman–Crippen LogP) is -2.34. The molecule has 0 saturated carbocycles. The Bertz CT molecular complexity index is 324. The Hall–Kier alpha value is -1.27. The first kappa shape index (κ1) is 13.7. The summed E-state index contributed by atoms with van der Waals surface area (Å²) in [5.74, 6) is 2.56. The van der Waals surface area contributed by atoms with Crippen LogP contribution in [0.5, 0.6) is 0 Å². The van der Waals surface area contributed by atoms with Crippen LogP contribution in [0.1, 0.15) is 6.92 Å². The second-order valence-corrected chi connectivity index (χ2v) is 3.04. The first-order valence-electron chi connectivity index (χ1n) is 3.31. The highest BCUT2D eigenvalue weighted by molar-refractivity contribution is 7.81. The molecule has 10 nitrogen and oxygen atoms in total. The molecule has 88 valence electrons. The van der Waals surface area contributed by atoms with Crippen molar-refractivity contribution in [2.75, 3.05) is 6.54 Å². The molecule has 0 aromatic rings. The van der Waals surface area contributed by atoms with E-state index < -0.39 is 28.9 Å². The van der Waals surface area contributed by atoms with Crippen molar-refractivity contribution in [3.8, 4) is 0 Å². The Kier molecular flexibility index (Phi) is 5.73. The van der Waals surface area contributed by atoms with E-state index >= 15 is 0 Å². The summed E-state index contributed by atoms with van der Waals surface area (Å²) in [5.41, 5.74) is 1.88. The molecule has 0 fully saturated rings. The molecular weight excluding hydrogens is 236 g/mol. The number of rotatable bonds is 6. The lowest BCUT2D eigenvalue weighted by Crippen LogP contribution is -2.31. The van der Waals surface area contributed by atoms with E-state index in [0.29, 0.717) is 0 Å². The van der Waals surface area contributed by atoms with Crippen molar-refractivity contribution in [1.82, 2.24) is 5.43 Å². The highest BCUT2D eigenvalue weighted by atomic mass is 32.3. The zero-order chi connectivity index (χ0) is 11.9. The summed E-state index contributed by atoms with van der Waals surface area (Å²) in [6, 6.07) is 0. The Balaban J connectivity index is 3.94. The number of hydrogen-bond acceptors (Lipinski definition) is 10. The quantitative estimate of drug-likeness (QED) is 0.296. The van der Waals surface area contributed by atoms with Crippen LogP contribution >= 0.6 is 0 Å². The van der Waals surface area contributed by atoms with Crippen molar-refractivity contribution in [2.45, 2.75) is 6.92 Å². The third-order valence-electron chi connectivity index (χ3n) is 0.691. The van der Waals surface area contributed by atoms with Crippen LogP contribution in [0.25, 0.3) is 0 Å². The van der Waals surface area contributed by atoms with Gasteiger partial charge in [-0.3, -0.25) is 15.6 Å². The first-order chi connectivity index (χ1) is 6.87. The number of carbonyl (C=O) groups is 2. The molecule has 0 spiro atoms. The minimum absolute atomic E-state index is 0.483. The van der Waals surface area contributed by atoms with Crippen molar-refractivity contribution < 1.29 is 36.4 Å². The van der Waals surface area contributed by atoms with Gasteiger partial charge < -0.3 is 0 Å². The minimum Gasteiger partial charge on any atom is -0.280 e. The number of carbonyl (C=O) groups excluding carboxylic acids is 2. The van der Waals surface area contributed by atoms with Crippen molar-refractivity contribution in [1.29, 1.82) is 0 Å². The third kappa shape index (κ3) is 7.77. The molecule has 0 aromatic heterocycles. The zero-order valence-corrected chi connectivity index (χ0v) is 8.28. The Morgan fingerprint density at radius 2 is 1.80 bits per heavy atom. The molecular formula is C4H8N2O8S. The summed E-state index contributed by atoms with van der Waals surface area (Å²) in [4.78, 5) is 27.9. The fraction of sp³-hybridized carbons (Fsp3) is 0.500. The smallest absolute Gasteiger partial charge is 0.280 e. The molecule has 0 amide bonds. The van der Waals surface area contributed by atoms with E-state index in [-0.39, 0.29) is 0 Å². The van der Waals surface area contributed by atoms with Crippen LogP contribution in [-0.4, -0.2) is 26.9 Å². The lowest BCUT2D eigenvalue weighted by Gasteiger charge is -2.02. The molecule has 0 radical (unpaired) electrons. The summed E-state index contributed by atoms with van der Waals surface area (Å²) in [5, 5.41) is 0. The Morgan fingerprint density at radius 1 is 1.27 bits per heavy atom. The Labute approximate surface area is 84.4 Å². The van der Waals surface area contributed by atoms with Gasteiger partial charge in [0, 0.05) is 6.92 Å². The maximum Gasteiger partial charge on any atom is 0.471 e. The van der Waals surface area contributed by atoms with Gasteiger partial charge in [-0.2, -0.15) is 8.42 Å². The highest BCUT2D eigenvalue weighted by Crippen LogP contribution is 1.98. The first-order valence-corrected chi connectivity index (χ1v) is 4.65. The summed E-state index contributed by atoms with van der Waals surface area (Å²) < 4.78 is 28.2. The average molecular weight is 244 g/mol. The summed E-state index contributed by atoms with van der Waals surface area (Å²) >= 11 is 0. The monoisotopic (exact) mass is 244 g/mol. The second-order valence-electron chi connectivity index (χ2n) is 1.96. The fourth-order valence-electron chi connectivity index (χ4n) is 0.293. The van der Waals surface area contributed by atoms with E-state index in [2.05, 4.69) is 18.4 Å². The summed E-state index contributed by atoms with van der Waals surface area (Å²) in [6.07, 6.45) is 0. The van der Waals surface area contributed by atoms with Crippen LogP contribution < -0.4 is 11.3 Å². The van der Waals surface area contributed by atoms with E-state index in [1.165, 1.54) is 0 Å². The van der Waals surface area contributed by atoms with E-state index in [1.54, 1.807) is 0 Å². The largest absolute Gasteiger partial charge is 0.471 e. The molecule has 0 bridgehead atoms. The van der Waals surface area contributed by atoms with Crippen LogP contribution in [0.4, 0.5) is 0 Å². The van der Waals surface area contributed by atoms with Gasteiger partial charge in [0.15, 0.2) is 0 Å². The van der Waals surface area contributed by atoms with Crippen molar-refractivity contribution in [2.24, 2.45) is 5.84 Å². The maximum atomic E-state index is 10.6. The summed E-state index contributed by atoms with van der Waals surface area (Å²) in [7, 11) is -4.74. The molecule has 3 N–H and O–H groups in total. The molecule has 11 heteroatoms. The predicted molar refractivity (Wildman–Crippen MR) is 41.1 cm³/mol. The maximum absolute atomic E-state index is 10.6. The summed E-state index contributed by atoms with van der Waals surface area (Å²) in [6.45, 7) is 0.406. The second kappa shape index (κ2) is 6.26. The molecule has 0 aliphatic heterocycles. The number of hydrogen-bond donors (Lipinski definition) is 2. The van der Waals surface area contributed by atoms with Gasteiger partial charge in [-0.1, -0.05) is 0 Å². The fourth-order valence-corrected chi connectivity index (χ4v) is 0.654. The van der Waals surface area contributed by atoms with Crippen LogP contribution in [0.3, 0.4) is 0 Å². The van der Waals surface area contributed by atoms with Gasteiger partial charge in [-0.05, 0) is 8.67 Å². The lowest BCUT2D eigenvalue weighted by atomic mass is 10.7. The number of nitrogens with one attached hydrogen (secondary N) is 1. The van der Waals surface area contributed by atoms with Gasteiger partial charge >= 0.3 is 22.3 Å². The topological polar surface area (TPSA) is 143 Å². The van der Waals surface area contributed by atoms with E-state index in [4.69, 9.17) is 5.84 Å². The normalized spacial score (nSPS) is 10.8. The molecule has 0 aromatic carbocycles. The average Bonchev–Trinajstić information content (AvgIpc) is 2.13. The minimum atomic E-state index is -4.74. The van der Waals surface area contributed by atoms with Gasteiger partial charge in [-0.25, -0.2) is 15.0 Å². The molecule has 0 atom stereocenters. The molecule has 0 aliphatic rings. The molecule has 0 aliphatic carbocycles. The number of hydrazine groups is 1. The van der Waals surface area contributed by atoms with Gasteiger partial charge in [0.1, 0.15) is 6.54 Å². The molecule has 0 rings (SSSR count). The third-order valence-corrected chi connectivity index (χ3v) is 1.16. The van der Waals surface area contributed by atoms with Crippen LogP contribution in [0.2, 0.25) is 0 Å². The zero-order valence-electron chi connectivity index (χ0n) is 7.46. The van der Waals surface area contributed by atoms with E-state index in [0.717, 1.165) is 6.92 Å².